The molecule has 2 heterocycles. The lowest BCUT2D eigenvalue weighted by molar-refractivity contribution is 0.0526. The van der Waals surface area contributed by atoms with Gasteiger partial charge in [-0.25, -0.2) is 0 Å². The van der Waals surface area contributed by atoms with Crippen LogP contribution in [0.25, 0.3) is 0 Å². The Morgan fingerprint density at radius 1 is 1.25 bits per heavy atom. The second-order valence-corrected chi connectivity index (χ2v) is 5.20. The number of nitrogens with zero attached hydrogens (tertiary/aromatic N) is 1. The Kier molecular flexibility index (Phi) is 5.07. The van der Waals surface area contributed by atoms with E-state index in [1.807, 2.05) is 0 Å². The lowest BCUT2D eigenvalue weighted by Crippen LogP contribution is -2.44. The molecule has 94 valence electrons. The van der Waals surface area contributed by atoms with Crippen molar-refractivity contribution < 1.29 is 4.74 Å². The molecule has 2 fully saturated rings. The first kappa shape index (κ1) is 12.3. The molecule has 0 aromatic carbocycles. The minimum atomic E-state index is 0.754. The Bertz CT molecular complexity index is 184. The largest absolute Gasteiger partial charge is 0.381 e. The molecule has 2 saturated heterocycles. The van der Waals surface area contributed by atoms with Crippen LogP contribution in [0.2, 0.25) is 0 Å². The van der Waals surface area contributed by atoms with Crippen molar-refractivity contribution in [1.29, 1.82) is 0 Å². The van der Waals surface area contributed by atoms with Crippen molar-refractivity contribution >= 4 is 0 Å². The monoisotopic (exact) mass is 226 g/mol. The molecule has 2 aliphatic heterocycles. The fourth-order valence-corrected chi connectivity index (χ4v) is 2.76. The van der Waals surface area contributed by atoms with E-state index in [2.05, 4.69) is 17.1 Å². The highest BCUT2D eigenvalue weighted by Gasteiger charge is 2.19. The molecule has 2 aliphatic rings. The van der Waals surface area contributed by atoms with Crippen molar-refractivity contribution in [2.45, 2.75) is 38.6 Å². The first-order valence-electron chi connectivity index (χ1n) is 6.92. The van der Waals surface area contributed by atoms with Crippen LogP contribution >= 0.6 is 0 Å². The molecule has 2 rings (SSSR count). The van der Waals surface area contributed by atoms with Crippen molar-refractivity contribution in [2.75, 3.05) is 39.4 Å². The van der Waals surface area contributed by atoms with E-state index < -0.39 is 0 Å². The molecule has 0 aromatic heterocycles. The van der Waals surface area contributed by atoms with Gasteiger partial charge in [-0.15, -0.1) is 0 Å². The summed E-state index contributed by atoms with van der Waals surface area (Å²) in [7, 11) is 0. The van der Waals surface area contributed by atoms with E-state index in [1.54, 1.807) is 0 Å². The van der Waals surface area contributed by atoms with Gasteiger partial charge in [0.15, 0.2) is 0 Å². The Morgan fingerprint density at radius 2 is 2.06 bits per heavy atom. The SMILES string of the molecule is CCN1CCC(NCC2CCCOC2)CC1. The number of hydrogen-bond acceptors (Lipinski definition) is 3. The normalized spacial score (nSPS) is 29.4. The fraction of sp³-hybridized carbons (Fsp3) is 1.00. The quantitative estimate of drug-likeness (QED) is 0.786. The molecule has 0 aromatic rings. The van der Waals surface area contributed by atoms with Gasteiger partial charge in [-0.3, -0.25) is 0 Å². The van der Waals surface area contributed by atoms with Crippen molar-refractivity contribution in [1.82, 2.24) is 10.2 Å². The van der Waals surface area contributed by atoms with E-state index in [0.29, 0.717) is 0 Å². The van der Waals surface area contributed by atoms with Crippen LogP contribution in [0.4, 0.5) is 0 Å². The van der Waals surface area contributed by atoms with Crippen LogP contribution in [0.5, 0.6) is 0 Å². The summed E-state index contributed by atoms with van der Waals surface area (Å²) in [6.45, 7) is 9.13. The zero-order chi connectivity index (χ0) is 11.2. The Balaban J connectivity index is 1.59. The van der Waals surface area contributed by atoms with Crippen molar-refractivity contribution in [3.8, 4) is 0 Å². The molecule has 1 unspecified atom stereocenters. The van der Waals surface area contributed by atoms with Gasteiger partial charge in [0.25, 0.3) is 0 Å². The molecule has 0 amide bonds. The summed E-state index contributed by atoms with van der Waals surface area (Å²) in [5.74, 6) is 0.762. The maximum atomic E-state index is 5.51. The van der Waals surface area contributed by atoms with Crippen molar-refractivity contribution in [3.63, 3.8) is 0 Å². The number of nitrogens with one attached hydrogen (secondary N) is 1. The third kappa shape index (κ3) is 3.72. The molecule has 3 heteroatoms. The molecule has 16 heavy (non-hydrogen) atoms. The highest BCUT2D eigenvalue weighted by Crippen LogP contribution is 2.14. The maximum Gasteiger partial charge on any atom is 0.0506 e. The molecule has 3 nitrogen and oxygen atoms in total. The second kappa shape index (κ2) is 6.58. The van der Waals surface area contributed by atoms with Gasteiger partial charge in [-0.1, -0.05) is 6.92 Å². The first-order valence-corrected chi connectivity index (χ1v) is 6.92. The third-order valence-corrected chi connectivity index (χ3v) is 3.98. The van der Waals surface area contributed by atoms with E-state index in [0.717, 1.165) is 31.7 Å². The van der Waals surface area contributed by atoms with Gasteiger partial charge < -0.3 is 15.0 Å². The predicted octanol–water partition coefficient (Wildman–Crippen LogP) is 1.49. The summed E-state index contributed by atoms with van der Waals surface area (Å²) in [5, 5.41) is 3.73. The maximum absolute atomic E-state index is 5.51. The summed E-state index contributed by atoms with van der Waals surface area (Å²) in [4.78, 5) is 2.54. The van der Waals surface area contributed by atoms with E-state index in [1.165, 1.54) is 45.3 Å². The molecule has 1 N–H and O–H groups in total. The first-order chi connectivity index (χ1) is 7.88. The molecule has 0 radical (unpaired) electrons. The summed E-state index contributed by atoms with van der Waals surface area (Å²) >= 11 is 0. The van der Waals surface area contributed by atoms with Gasteiger partial charge in [0.1, 0.15) is 0 Å². The van der Waals surface area contributed by atoms with E-state index in [9.17, 15) is 0 Å². The Morgan fingerprint density at radius 3 is 2.69 bits per heavy atom. The summed E-state index contributed by atoms with van der Waals surface area (Å²) in [5.41, 5.74) is 0. The molecule has 0 bridgehead atoms. The highest BCUT2D eigenvalue weighted by atomic mass is 16.5. The van der Waals surface area contributed by atoms with Crippen molar-refractivity contribution in [3.05, 3.63) is 0 Å². The molecule has 1 atom stereocenters. The molecule has 0 saturated carbocycles. The van der Waals surface area contributed by atoms with Gasteiger partial charge in [0.05, 0.1) is 6.61 Å². The van der Waals surface area contributed by atoms with Crippen LogP contribution in [0.15, 0.2) is 0 Å². The minimum Gasteiger partial charge on any atom is -0.381 e. The molecule has 0 aliphatic carbocycles. The van der Waals surface area contributed by atoms with Crippen LogP contribution in [-0.2, 0) is 4.74 Å². The molecular weight excluding hydrogens is 200 g/mol. The predicted molar refractivity (Wildman–Crippen MR) is 66.7 cm³/mol. The van der Waals surface area contributed by atoms with Gasteiger partial charge in [0.2, 0.25) is 0 Å². The number of likely N-dealkylation sites (tertiary alicyclic amines) is 1. The van der Waals surface area contributed by atoms with Crippen LogP contribution in [0.3, 0.4) is 0 Å². The van der Waals surface area contributed by atoms with Crippen LogP contribution in [0, 0.1) is 5.92 Å². The van der Waals surface area contributed by atoms with E-state index in [4.69, 9.17) is 4.74 Å². The summed E-state index contributed by atoms with van der Waals surface area (Å²) < 4.78 is 5.51. The zero-order valence-electron chi connectivity index (χ0n) is 10.6. The van der Waals surface area contributed by atoms with Gasteiger partial charge in [-0.2, -0.15) is 0 Å². The van der Waals surface area contributed by atoms with Gasteiger partial charge in [-0.05, 0) is 51.2 Å². The Labute approximate surface area is 99.5 Å². The van der Waals surface area contributed by atoms with Crippen LogP contribution in [-0.4, -0.2) is 50.3 Å². The van der Waals surface area contributed by atoms with Crippen LogP contribution in [0.1, 0.15) is 32.6 Å². The molecular formula is C13H26N2O. The summed E-state index contributed by atoms with van der Waals surface area (Å²) in [6.07, 6.45) is 5.24. The van der Waals surface area contributed by atoms with Crippen molar-refractivity contribution in [2.24, 2.45) is 5.92 Å². The minimum absolute atomic E-state index is 0.754. The van der Waals surface area contributed by atoms with E-state index in [-0.39, 0.29) is 0 Å². The average molecular weight is 226 g/mol. The second-order valence-electron chi connectivity index (χ2n) is 5.20. The smallest absolute Gasteiger partial charge is 0.0506 e. The Hall–Kier alpha value is -0.120. The number of rotatable bonds is 4. The number of ether oxygens (including phenoxy) is 1. The van der Waals surface area contributed by atoms with Crippen LogP contribution < -0.4 is 5.32 Å². The average Bonchev–Trinajstić information content (AvgIpc) is 2.38. The number of piperidine rings is 1. The third-order valence-electron chi connectivity index (χ3n) is 3.98. The van der Waals surface area contributed by atoms with E-state index >= 15 is 0 Å². The molecule has 0 spiro atoms. The fourth-order valence-electron chi connectivity index (χ4n) is 2.76. The van der Waals surface area contributed by atoms with Gasteiger partial charge >= 0.3 is 0 Å². The summed E-state index contributed by atoms with van der Waals surface area (Å²) in [6, 6.07) is 0.754. The lowest BCUT2D eigenvalue weighted by atomic mass is 10.00. The standard InChI is InChI=1S/C13H26N2O/c1-2-15-7-5-13(6-8-15)14-10-12-4-3-9-16-11-12/h12-14H,2-11H2,1H3. The lowest BCUT2D eigenvalue weighted by Gasteiger charge is -2.33. The van der Waals surface area contributed by atoms with Gasteiger partial charge in [0, 0.05) is 19.2 Å². The number of hydrogen-bond donors (Lipinski definition) is 1. The highest BCUT2D eigenvalue weighted by molar-refractivity contribution is 4.78. The zero-order valence-corrected chi connectivity index (χ0v) is 10.6. The topological polar surface area (TPSA) is 24.5 Å².